The molecule has 21 heteroatoms. The summed E-state index contributed by atoms with van der Waals surface area (Å²) in [5.41, 5.74) is 3.75. The van der Waals surface area contributed by atoms with Gasteiger partial charge in [0.25, 0.3) is 17.5 Å². The number of carboxylic acids is 2. The van der Waals surface area contributed by atoms with Gasteiger partial charge in [0.1, 0.15) is 29.1 Å². The van der Waals surface area contributed by atoms with Crippen molar-refractivity contribution in [3.05, 3.63) is 97.9 Å². The second-order valence-corrected chi connectivity index (χ2v) is 16.7. The van der Waals surface area contributed by atoms with Gasteiger partial charge < -0.3 is 40.8 Å². The lowest BCUT2D eigenvalue weighted by Gasteiger charge is -2.55. The average Bonchev–Trinajstić information content (AvgIpc) is 3.89. The quantitative estimate of drug-likeness (QED) is 0.0990. The lowest BCUT2D eigenvalue weighted by Crippen LogP contribution is -2.80. The average molecular weight is 843 g/mol. The van der Waals surface area contributed by atoms with Gasteiger partial charge in [0, 0.05) is 51.6 Å². The Kier molecular flexibility index (Phi) is 12.5. The van der Waals surface area contributed by atoms with E-state index >= 15 is 0 Å². The van der Waals surface area contributed by atoms with Crippen molar-refractivity contribution in [3.63, 3.8) is 0 Å². The molecule has 0 aromatic carbocycles. The second kappa shape index (κ2) is 17.3. The van der Waals surface area contributed by atoms with Gasteiger partial charge >= 0.3 is 12.1 Å². The smallest absolute Gasteiger partial charge is 0.404 e. The fourth-order valence-corrected chi connectivity index (χ4v) is 10.5. The van der Waals surface area contributed by atoms with E-state index in [9.17, 15) is 43.8 Å². The number of nitrogens with zero attached hydrogens (tertiary/aromatic N) is 3. The number of hydrogen-bond acceptors (Lipinski definition) is 14. The van der Waals surface area contributed by atoms with Gasteiger partial charge in [0.05, 0.1) is 24.5 Å². The summed E-state index contributed by atoms with van der Waals surface area (Å²) in [7, 11) is 1.27. The van der Waals surface area contributed by atoms with E-state index in [4.69, 9.17) is 10.5 Å². The van der Waals surface area contributed by atoms with Crippen molar-refractivity contribution >= 4 is 87.9 Å². The zero-order chi connectivity index (χ0) is 40.1. The molecule has 56 heavy (non-hydrogen) atoms. The highest BCUT2D eigenvalue weighted by molar-refractivity contribution is 8.00. The Hall–Kier alpha value is -5.22. The van der Waals surface area contributed by atoms with E-state index in [0.717, 1.165) is 14.7 Å². The van der Waals surface area contributed by atoms with E-state index in [1.807, 2.05) is 64.1 Å². The molecule has 0 bridgehead atoms. The highest BCUT2D eigenvalue weighted by atomic mass is 32.2. The number of β-lactam (4-membered cyclic amide) rings is 2. The first-order valence-corrected chi connectivity index (χ1v) is 20.6. The van der Waals surface area contributed by atoms with Crippen molar-refractivity contribution in [2.45, 2.75) is 41.9 Å². The maximum atomic E-state index is 12.8. The number of fused-ring (bicyclic) bond motifs is 2. The number of carbonyl (C=O) groups is 7. The summed E-state index contributed by atoms with van der Waals surface area (Å²) < 4.78 is 11.9. The number of amides is 5. The summed E-state index contributed by atoms with van der Waals surface area (Å²) in [5.74, 6) is -3.88. The fourth-order valence-electron chi connectivity index (χ4n) is 6.38. The number of aromatic nitrogens is 1. The van der Waals surface area contributed by atoms with Crippen LogP contribution in [0.3, 0.4) is 0 Å². The zero-order valence-electron chi connectivity index (χ0n) is 29.4. The Balaban J connectivity index is 0.000000190. The van der Waals surface area contributed by atoms with Crippen LogP contribution < -0.4 is 26.0 Å². The van der Waals surface area contributed by atoms with Crippen LogP contribution in [-0.4, -0.2) is 104 Å². The number of rotatable bonds is 13. The molecule has 2 saturated heterocycles. The maximum absolute atomic E-state index is 12.8. The summed E-state index contributed by atoms with van der Waals surface area (Å²) >= 11 is 5.53. The predicted octanol–water partition coefficient (Wildman–Crippen LogP) is -0.219. The third-order valence-electron chi connectivity index (χ3n) is 8.89. The van der Waals surface area contributed by atoms with Gasteiger partial charge in [-0.3, -0.25) is 29.0 Å². The summed E-state index contributed by atoms with van der Waals surface area (Å²) in [6.45, 7) is 0.0221. The molecule has 3 aromatic rings. The molecule has 7 rings (SSSR count). The van der Waals surface area contributed by atoms with E-state index in [1.54, 1.807) is 6.07 Å². The molecular formula is C35H34N6O11S4. The van der Waals surface area contributed by atoms with Gasteiger partial charge in [-0.25, -0.2) is 14.2 Å². The molecule has 0 radical (unpaired) electrons. The van der Waals surface area contributed by atoms with Crippen LogP contribution in [0.1, 0.15) is 9.75 Å². The Bertz CT molecular complexity index is 2090. The number of carboxylic acid groups (broad SMARTS) is 2. The van der Waals surface area contributed by atoms with E-state index in [0.29, 0.717) is 17.9 Å². The minimum Gasteiger partial charge on any atom is -0.543 e. The molecule has 0 unspecified atom stereocenters. The monoisotopic (exact) mass is 842 g/mol. The molecule has 7 heterocycles. The lowest BCUT2D eigenvalue weighted by atomic mass is 9.98. The summed E-state index contributed by atoms with van der Waals surface area (Å²) in [5, 5.41) is 29.2. The van der Waals surface area contributed by atoms with Gasteiger partial charge in [-0.2, -0.15) is 0 Å². The summed E-state index contributed by atoms with van der Waals surface area (Å²) in [4.78, 5) is 88.4. The van der Waals surface area contributed by atoms with Crippen LogP contribution in [0, 0.1) is 0 Å². The lowest BCUT2D eigenvalue weighted by molar-refractivity contribution is -0.689. The van der Waals surface area contributed by atoms with E-state index in [2.05, 4.69) is 15.4 Å². The minimum atomic E-state index is -1.66. The van der Waals surface area contributed by atoms with Gasteiger partial charge in [0.15, 0.2) is 18.9 Å². The van der Waals surface area contributed by atoms with Crippen LogP contribution in [0.25, 0.3) is 0 Å². The molecule has 294 valence electrons. The standard InChI is InChI=1S/C19H17N3O4S2.C16H17N3O7S2/c23-14(9-13-5-4-8-27-13)20-15-17(24)22-16(19(25)26)12(11-28-18(15)22)10-21-6-2-1-3-7-21;1-25-16(18-10(20)5-9-3-2-4-27-9)13(23)19-11(12(21)22)8(6-26-15(17)24)7-28-14(16)19/h1-8,15,18H,9-11H2,(H-,20,23,25,26);2-4,14H,5-7H2,1H3,(H2,17,24)(H,18,20)(H,21,22)/t15-,18-;14-,16+/m11/s1. The van der Waals surface area contributed by atoms with E-state index < -0.39 is 58.3 Å². The molecule has 2 fully saturated rings. The number of methoxy groups -OCH3 is 1. The molecule has 3 aromatic heterocycles. The predicted molar refractivity (Wildman–Crippen MR) is 201 cm³/mol. The number of ether oxygens (including phenoxy) is 2. The Morgan fingerprint density at radius 3 is 2.14 bits per heavy atom. The Morgan fingerprint density at radius 2 is 1.57 bits per heavy atom. The molecule has 17 nitrogen and oxygen atoms in total. The molecule has 4 aliphatic heterocycles. The third kappa shape index (κ3) is 8.31. The van der Waals surface area contributed by atoms with Gasteiger partial charge in [-0.15, -0.1) is 46.2 Å². The van der Waals surface area contributed by atoms with Crippen LogP contribution in [0.15, 0.2) is 88.2 Å². The molecule has 5 amide bonds. The van der Waals surface area contributed by atoms with E-state index in [-0.39, 0.29) is 48.1 Å². The molecule has 0 aliphatic carbocycles. The summed E-state index contributed by atoms with van der Waals surface area (Å²) in [6, 6.07) is 12.2. The van der Waals surface area contributed by atoms with Crippen molar-refractivity contribution in [2.24, 2.45) is 5.73 Å². The topological polar surface area (TPSA) is 242 Å². The molecule has 0 saturated carbocycles. The minimum absolute atomic E-state index is 0.0751. The summed E-state index contributed by atoms with van der Waals surface area (Å²) in [6.07, 6.45) is 2.90. The number of thiophene rings is 2. The van der Waals surface area contributed by atoms with Crippen molar-refractivity contribution in [1.82, 2.24) is 20.4 Å². The number of carbonyl (C=O) groups excluding carboxylic acids is 6. The number of nitrogens with one attached hydrogen (secondary N) is 2. The number of aliphatic carboxylic acids is 2. The fraction of sp³-hybridized carbons (Fsp3) is 0.314. The van der Waals surface area contributed by atoms with Crippen LogP contribution in [0.2, 0.25) is 0 Å². The van der Waals surface area contributed by atoms with Crippen LogP contribution in [-0.2, 0) is 57.6 Å². The molecule has 0 spiro atoms. The normalized spacial score (nSPS) is 22.4. The first-order chi connectivity index (χ1) is 26.8. The second-order valence-electron chi connectivity index (χ2n) is 12.4. The number of hydrogen-bond donors (Lipinski definition) is 4. The van der Waals surface area contributed by atoms with Crippen LogP contribution in [0.5, 0.6) is 0 Å². The number of pyridine rings is 1. The highest BCUT2D eigenvalue weighted by Gasteiger charge is 2.66. The molecule has 4 atom stereocenters. The van der Waals surface area contributed by atoms with Crippen LogP contribution in [0.4, 0.5) is 4.79 Å². The molecular weight excluding hydrogens is 809 g/mol. The van der Waals surface area contributed by atoms with Crippen LogP contribution >= 0.6 is 46.2 Å². The largest absolute Gasteiger partial charge is 0.543 e. The molecule has 5 N–H and O–H groups in total. The third-order valence-corrected chi connectivity index (χ3v) is 13.4. The molecule has 4 aliphatic rings. The maximum Gasteiger partial charge on any atom is 0.404 e. The van der Waals surface area contributed by atoms with Crippen molar-refractivity contribution in [3.8, 4) is 0 Å². The highest BCUT2D eigenvalue weighted by Crippen LogP contribution is 2.46. The van der Waals surface area contributed by atoms with Gasteiger partial charge in [-0.1, -0.05) is 18.2 Å². The SMILES string of the molecule is CO[C@@]1(NC(=O)Cc2cccs2)C(=O)N2C(C(=O)O)=C(COC(N)=O)CS[C@@H]21.O=C(Cc1cccs1)N[C@@H]1C(=O)N2C(C(=O)[O-])=C(C[n+]3ccccc3)CS[C@H]12. The first kappa shape index (κ1) is 40.4. The first-order valence-electron chi connectivity index (χ1n) is 16.7. The number of thioether (sulfide) groups is 2. The van der Waals surface area contributed by atoms with Gasteiger partial charge in [-0.05, 0) is 22.9 Å². The Labute approximate surface area is 335 Å². The van der Waals surface area contributed by atoms with Crippen molar-refractivity contribution in [2.75, 3.05) is 25.2 Å². The zero-order valence-corrected chi connectivity index (χ0v) is 32.7. The van der Waals surface area contributed by atoms with E-state index in [1.165, 1.54) is 58.2 Å². The number of primary amides is 1. The Morgan fingerprint density at radius 1 is 0.929 bits per heavy atom. The number of nitrogens with two attached hydrogens (primary N) is 1. The van der Waals surface area contributed by atoms with Crippen molar-refractivity contribution in [1.29, 1.82) is 0 Å². The van der Waals surface area contributed by atoms with Crippen molar-refractivity contribution < 1.29 is 57.8 Å². The van der Waals surface area contributed by atoms with Gasteiger partial charge in [0.2, 0.25) is 11.8 Å².